The lowest BCUT2D eigenvalue weighted by molar-refractivity contribution is -0.288. The maximum absolute atomic E-state index is 13.9. The quantitative estimate of drug-likeness (QED) is 0.0398. The van der Waals surface area contributed by atoms with E-state index in [1.165, 1.54) is 39.0 Å². The van der Waals surface area contributed by atoms with Crippen LogP contribution in [-0.2, 0) is 26.4 Å². The molecule has 0 radical (unpaired) electrons. The average molecular weight is 799 g/mol. The van der Waals surface area contributed by atoms with Crippen LogP contribution in [0.1, 0.15) is 171 Å². The van der Waals surface area contributed by atoms with Gasteiger partial charge >= 0.3 is 0 Å². The number of benzene rings is 3. The van der Waals surface area contributed by atoms with Gasteiger partial charge < -0.3 is 4.74 Å². The molecular formula is C55H74O4. The third-order valence-corrected chi connectivity index (χ3v) is 13.1. The minimum Gasteiger partial charge on any atom is -0.494 e. The molecule has 0 saturated heterocycles. The summed E-state index contributed by atoms with van der Waals surface area (Å²) >= 11 is 0. The molecule has 5 rings (SSSR count). The highest BCUT2D eigenvalue weighted by Crippen LogP contribution is 2.64. The Morgan fingerprint density at radius 1 is 0.915 bits per heavy atom. The molecule has 0 saturated carbocycles. The molecule has 3 aromatic rings. The molecule has 0 bridgehead atoms. The standard InChI is InChI=1S/C55H74O4/c1-14-55(54(11,12)13)28-27-39(5)51-48(32-41(7)46-26-19-38(4)31-40(46)6)47-35-50(53(8,9)10)43(34-49(47)52(51)55)33-44(56)23-20-42-21-24-45(25-22-42)57-29-17-15-16-18-30-58-59-36-37(2)3/h19-27,31,34-35,41,48H,2,14-18,28-30,32-33,36H2,1,3-13H3/b23-20+. The zero-order chi connectivity index (χ0) is 43.1. The van der Waals surface area contributed by atoms with E-state index in [0.29, 0.717) is 38.1 Å². The van der Waals surface area contributed by atoms with Gasteiger partial charge in [0.2, 0.25) is 0 Å². The molecule has 0 amide bonds. The van der Waals surface area contributed by atoms with Crippen molar-refractivity contribution in [1.82, 2.24) is 0 Å². The van der Waals surface area contributed by atoms with Gasteiger partial charge in [0.1, 0.15) is 12.4 Å². The van der Waals surface area contributed by atoms with Gasteiger partial charge in [-0.15, -0.1) is 0 Å². The van der Waals surface area contributed by atoms with Crippen LogP contribution in [0, 0.1) is 24.7 Å². The number of ether oxygens (including phenoxy) is 1. The first-order valence-electron chi connectivity index (χ1n) is 22.4. The number of fused-ring (bicyclic) bond motifs is 2. The van der Waals surface area contributed by atoms with Crippen LogP contribution in [-0.4, -0.2) is 25.6 Å². The molecule has 0 aliphatic heterocycles. The van der Waals surface area contributed by atoms with Crippen LogP contribution in [0.4, 0.5) is 0 Å². The van der Waals surface area contributed by atoms with Crippen LogP contribution >= 0.6 is 0 Å². The molecule has 2 aliphatic rings. The number of aryl methyl sites for hydroxylation is 2. The highest BCUT2D eigenvalue weighted by Gasteiger charge is 2.51. The number of unbranched alkanes of at least 4 members (excludes halogenated alkanes) is 3. The molecule has 59 heavy (non-hydrogen) atoms. The Labute approximate surface area is 358 Å². The second-order valence-corrected chi connectivity index (χ2v) is 19.8. The number of carbonyl (C=O) groups is 1. The van der Waals surface area contributed by atoms with Crippen LogP contribution in [0.2, 0.25) is 0 Å². The van der Waals surface area contributed by atoms with Crippen LogP contribution in [0.25, 0.3) is 11.6 Å². The summed E-state index contributed by atoms with van der Waals surface area (Å²) in [6, 6.07) is 20.0. The van der Waals surface area contributed by atoms with Gasteiger partial charge in [-0.1, -0.05) is 140 Å². The summed E-state index contributed by atoms with van der Waals surface area (Å²) in [6.07, 6.45) is 13.9. The highest BCUT2D eigenvalue weighted by atomic mass is 17.2. The van der Waals surface area contributed by atoms with Crippen molar-refractivity contribution >= 4 is 17.4 Å². The smallest absolute Gasteiger partial charge is 0.160 e. The third kappa shape index (κ3) is 11.0. The lowest BCUT2D eigenvalue weighted by atomic mass is 9.55. The summed E-state index contributed by atoms with van der Waals surface area (Å²) in [5.41, 5.74) is 15.8. The monoisotopic (exact) mass is 799 g/mol. The van der Waals surface area contributed by atoms with Crippen LogP contribution in [0.15, 0.2) is 90.0 Å². The predicted molar refractivity (Wildman–Crippen MR) is 249 cm³/mol. The molecule has 0 spiro atoms. The SMILES string of the molecule is C=C(C)COOCCCCCCOc1ccc(/C=C/C(=O)Cc2cc3c(cc2C(C)(C)C)C(CC(C)c2ccc(C)cc2C)C2=C3C(CC)(C(C)(C)C)CC=C2C)cc1. The Balaban J connectivity index is 1.36. The molecule has 0 heterocycles. The first kappa shape index (κ1) is 46.1. The maximum atomic E-state index is 13.9. The zero-order valence-electron chi connectivity index (χ0n) is 38.7. The van der Waals surface area contributed by atoms with E-state index >= 15 is 0 Å². The second-order valence-electron chi connectivity index (χ2n) is 19.8. The number of carbonyl (C=O) groups excluding carboxylic acids is 1. The van der Waals surface area contributed by atoms with Crippen molar-refractivity contribution in [2.24, 2.45) is 10.8 Å². The average Bonchev–Trinajstić information content (AvgIpc) is 3.47. The van der Waals surface area contributed by atoms with Crippen LogP contribution < -0.4 is 4.74 Å². The van der Waals surface area contributed by atoms with E-state index < -0.39 is 0 Å². The summed E-state index contributed by atoms with van der Waals surface area (Å²) < 4.78 is 6.00. The summed E-state index contributed by atoms with van der Waals surface area (Å²) in [4.78, 5) is 24.2. The van der Waals surface area contributed by atoms with E-state index in [2.05, 4.69) is 119 Å². The van der Waals surface area contributed by atoms with Crippen molar-refractivity contribution in [3.63, 3.8) is 0 Å². The molecule has 2 aliphatic carbocycles. The summed E-state index contributed by atoms with van der Waals surface area (Å²) in [6.45, 7) is 33.2. The van der Waals surface area contributed by atoms with Crippen molar-refractivity contribution in [1.29, 1.82) is 0 Å². The molecule has 0 aromatic heterocycles. The molecular weight excluding hydrogens is 725 g/mol. The van der Waals surface area contributed by atoms with Crippen molar-refractivity contribution in [2.45, 2.75) is 152 Å². The van der Waals surface area contributed by atoms with Gasteiger partial charge in [-0.2, -0.15) is 0 Å². The van der Waals surface area contributed by atoms with E-state index in [0.717, 1.165) is 67.4 Å². The predicted octanol–water partition coefficient (Wildman–Crippen LogP) is 14.7. The fourth-order valence-electron chi connectivity index (χ4n) is 9.77. The molecule has 0 N–H and O–H groups in total. The number of hydrogen-bond acceptors (Lipinski definition) is 4. The van der Waals surface area contributed by atoms with Crippen LogP contribution in [0.3, 0.4) is 0 Å². The largest absolute Gasteiger partial charge is 0.494 e. The van der Waals surface area contributed by atoms with E-state index in [9.17, 15) is 4.79 Å². The van der Waals surface area contributed by atoms with Gasteiger partial charge in [0, 0.05) is 17.8 Å². The molecule has 3 unspecified atom stereocenters. The second kappa shape index (κ2) is 19.6. The Kier molecular flexibility index (Phi) is 15.3. The topological polar surface area (TPSA) is 44.8 Å². The molecule has 318 valence electrons. The first-order valence-corrected chi connectivity index (χ1v) is 22.4. The molecule has 0 fully saturated rings. The Hall–Kier alpha value is -3.99. The Morgan fingerprint density at radius 3 is 2.24 bits per heavy atom. The van der Waals surface area contributed by atoms with Crippen molar-refractivity contribution in [2.75, 3.05) is 19.8 Å². The lowest BCUT2D eigenvalue weighted by Crippen LogP contribution is -2.37. The van der Waals surface area contributed by atoms with Gasteiger partial charge in [-0.25, -0.2) is 9.78 Å². The summed E-state index contributed by atoms with van der Waals surface area (Å²) in [7, 11) is 0. The molecule has 3 aromatic carbocycles. The van der Waals surface area contributed by atoms with E-state index in [1.807, 2.05) is 37.3 Å². The highest BCUT2D eigenvalue weighted by molar-refractivity contribution is 5.96. The van der Waals surface area contributed by atoms with Gasteiger partial charge in [0.05, 0.1) is 13.2 Å². The number of allylic oxidation sites excluding steroid dienone is 5. The van der Waals surface area contributed by atoms with E-state index in [1.54, 1.807) is 17.2 Å². The minimum absolute atomic E-state index is 0.00433. The number of ketones is 1. The fraction of sp³-hybridized carbons (Fsp3) is 0.509. The Bertz CT molecular complexity index is 2040. The fourth-order valence-corrected chi connectivity index (χ4v) is 9.77. The molecule has 4 heteroatoms. The zero-order valence-corrected chi connectivity index (χ0v) is 38.7. The third-order valence-electron chi connectivity index (χ3n) is 13.1. The lowest BCUT2D eigenvalue weighted by Gasteiger charge is -2.48. The first-order chi connectivity index (χ1) is 27.9. The Morgan fingerprint density at radius 2 is 1.61 bits per heavy atom. The van der Waals surface area contributed by atoms with E-state index in [4.69, 9.17) is 14.5 Å². The molecule has 3 atom stereocenters. The normalized spacial score (nSPS) is 18.5. The molecule has 4 nitrogen and oxygen atoms in total. The number of rotatable bonds is 19. The summed E-state index contributed by atoms with van der Waals surface area (Å²) in [5.74, 6) is 1.67. The van der Waals surface area contributed by atoms with Gasteiger partial charge in [-0.3, -0.25) is 4.79 Å². The maximum Gasteiger partial charge on any atom is 0.160 e. The number of hydrogen-bond donors (Lipinski definition) is 0. The van der Waals surface area contributed by atoms with Crippen molar-refractivity contribution in [3.8, 4) is 5.75 Å². The van der Waals surface area contributed by atoms with Crippen molar-refractivity contribution in [3.05, 3.63) is 135 Å². The minimum atomic E-state index is -0.123. The van der Waals surface area contributed by atoms with Crippen LogP contribution in [0.5, 0.6) is 5.75 Å². The summed E-state index contributed by atoms with van der Waals surface area (Å²) in [5, 5.41) is 0. The van der Waals surface area contributed by atoms with Gasteiger partial charge in [0.15, 0.2) is 5.78 Å². The van der Waals surface area contributed by atoms with Gasteiger partial charge in [-0.05, 0) is 151 Å². The van der Waals surface area contributed by atoms with E-state index in [-0.39, 0.29) is 22.0 Å². The van der Waals surface area contributed by atoms with Crippen molar-refractivity contribution < 1.29 is 19.3 Å². The van der Waals surface area contributed by atoms with Gasteiger partial charge in [0.25, 0.3) is 0 Å².